The van der Waals surface area contributed by atoms with Gasteiger partial charge in [-0.25, -0.2) is 0 Å². The maximum atomic E-state index is 13.8. The summed E-state index contributed by atoms with van der Waals surface area (Å²) in [5.74, 6) is -2.76. The zero-order valence-electron chi connectivity index (χ0n) is 24.9. The van der Waals surface area contributed by atoms with Crippen LogP contribution in [0.15, 0.2) is 77.9 Å². The second-order valence-corrected chi connectivity index (χ2v) is 12.6. The number of aromatic hydroxyl groups is 1. The first-order valence-corrected chi connectivity index (χ1v) is 15.8. The van der Waals surface area contributed by atoms with Crippen LogP contribution < -0.4 is 15.1 Å². The van der Waals surface area contributed by atoms with E-state index in [2.05, 4.69) is 0 Å². The summed E-state index contributed by atoms with van der Waals surface area (Å²) >= 11 is 2.05. The number of nitrogens with zero attached hydrogens (tertiary/aromatic N) is 1. The highest BCUT2D eigenvalue weighted by Gasteiger charge is 2.54. The molecule has 45 heavy (non-hydrogen) atoms. The second kappa shape index (κ2) is 13.9. The van der Waals surface area contributed by atoms with Crippen LogP contribution in [0, 0.1) is 21.3 Å². The van der Waals surface area contributed by atoms with Crippen LogP contribution in [0.2, 0.25) is 0 Å². The summed E-state index contributed by atoms with van der Waals surface area (Å²) in [6.07, 6.45) is 2.04. The number of anilines is 1. The van der Waals surface area contributed by atoms with Crippen molar-refractivity contribution in [2.45, 2.75) is 32.3 Å². The maximum absolute atomic E-state index is 13.8. The third-order valence-corrected chi connectivity index (χ3v) is 9.58. The first kappa shape index (κ1) is 32.9. The second-order valence-electron chi connectivity index (χ2n) is 11.5. The van der Waals surface area contributed by atoms with E-state index in [0.717, 1.165) is 27.2 Å². The number of benzene rings is 3. The number of amides is 2. The van der Waals surface area contributed by atoms with Crippen LogP contribution in [0.3, 0.4) is 0 Å². The fourth-order valence-corrected chi connectivity index (χ4v) is 7.26. The van der Waals surface area contributed by atoms with Crippen molar-refractivity contribution in [1.82, 2.24) is 0 Å². The van der Waals surface area contributed by atoms with Crippen LogP contribution in [0.1, 0.15) is 37.3 Å². The number of phenols is 1. The summed E-state index contributed by atoms with van der Waals surface area (Å²) in [7, 11) is -0.265. The molecule has 2 amide bonds. The number of phenolic OH excluding ortho intramolecular Hbond substituents is 1. The fourth-order valence-electron chi connectivity index (χ4n) is 6.63. The van der Waals surface area contributed by atoms with E-state index < -0.39 is 49.4 Å². The minimum absolute atomic E-state index is 0.0668. The quantitative estimate of drug-likeness (QED) is 0.0703. The number of methoxy groups -OCH3 is 1. The molecule has 3 aromatic carbocycles. The molecule has 4 atom stereocenters. The number of carbonyl (C=O) groups excluding carboxylic acids is 2. The van der Waals surface area contributed by atoms with E-state index >= 15 is 0 Å². The van der Waals surface area contributed by atoms with Gasteiger partial charge in [0.2, 0.25) is 11.8 Å². The zero-order chi connectivity index (χ0) is 32.4. The fraction of sp³-hybridized carbons (Fsp3) is 0.294. The maximum Gasteiger partial charge on any atom is 0.488 e. The van der Waals surface area contributed by atoms with Crippen molar-refractivity contribution >= 4 is 64.3 Å². The number of fused-ring (bicyclic) bond motifs is 1. The molecule has 3 aromatic rings. The molecule has 1 fully saturated rings. The molecule has 0 aromatic heterocycles. The number of hydrogen-bond acceptors (Lipinski definition) is 8. The van der Waals surface area contributed by atoms with Crippen molar-refractivity contribution in [3.63, 3.8) is 0 Å². The van der Waals surface area contributed by atoms with Gasteiger partial charge in [-0.1, -0.05) is 54.1 Å². The van der Waals surface area contributed by atoms with Gasteiger partial charge in [0, 0.05) is 5.92 Å². The third-order valence-electron chi connectivity index (χ3n) is 8.75. The molecule has 5 N–H and O–H groups in total. The summed E-state index contributed by atoms with van der Waals surface area (Å²) in [5, 5.41) is 51.7. The molecular weight excluding hydrogens is 688 g/mol. The smallest absolute Gasteiger partial charge is 0.488 e. The highest BCUT2D eigenvalue weighted by Crippen LogP contribution is 2.47. The lowest BCUT2D eigenvalue weighted by Crippen LogP contribution is -2.39. The number of aliphatic hydroxyl groups excluding tert-OH is 2. The first-order chi connectivity index (χ1) is 21.5. The highest BCUT2D eigenvalue weighted by atomic mass is 127. The molecule has 1 heterocycles. The van der Waals surface area contributed by atoms with E-state index in [1.807, 2.05) is 72.0 Å². The minimum Gasteiger partial charge on any atom is -0.504 e. The molecule has 0 radical (unpaired) electrons. The van der Waals surface area contributed by atoms with Crippen LogP contribution in [0.25, 0.3) is 11.6 Å². The molecule has 5 rings (SSSR count). The molecule has 1 aliphatic heterocycles. The first-order valence-electron chi connectivity index (χ1n) is 14.7. The number of hydrogen-bond donors (Lipinski definition) is 5. The predicted octanol–water partition coefficient (Wildman–Crippen LogP) is 3.50. The van der Waals surface area contributed by atoms with E-state index in [0.29, 0.717) is 27.7 Å². The Labute approximate surface area is 275 Å². The van der Waals surface area contributed by atoms with Gasteiger partial charge in [0.1, 0.15) is 0 Å². The Morgan fingerprint density at radius 2 is 1.82 bits per heavy atom. The predicted molar refractivity (Wildman–Crippen MR) is 181 cm³/mol. The Hall–Kier alpha value is -3.49. The Morgan fingerprint density at radius 1 is 1.09 bits per heavy atom. The Bertz CT molecular complexity index is 1660. The van der Waals surface area contributed by atoms with Crippen LogP contribution in [-0.2, 0) is 9.59 Å². The van der Waals surface area contributed by atoms with Crippen molar-refractivity contribution in [3.8, 4) is 11.5 Å². The van der Waals surface area contributed by atoms with Gasteiger partial charge in [0.15, 0.2) is 11.5 Å². The number of rotatable bonds is 10. The van der Waals surface area contributed by atoms with Gasteiger partial charge in [-0.2, -0.15) is 0 Å². The van der Waals surface area contributed by atoms with Crippen LogP contribution in [-0.4, -0.2) is 64.1 Å². The van der Waals surface area contributed by atoms with Crippen molar-refractivity contribution in [2.75, 3.05) is 18.6 Å². The number of halogens is 1. The van der Waals surface area contributed by atoms with Gasteiger partial charge in [0.25, 0.3) is 0 Å². The summed E-state index contributed by atoms with van der Waals surface area (Å²) in [6.45, 7) is 1.42. The zero-order valence-corrected chi connectivity index (χ0v) is 27.1. The number of aliphatic hydroxyl groups is 2. The lowest BCUT2D eigenvalue weighted by Gasteiger charge is -2.35. The lowest BCUT2D eigenvalue weighted by atomic mass is 9.68. The molecule has 11 heteroatoms. The number of imide groups is 1. The standard InChI is InChI=1S/C34H35BINO8/c1-19-13-25-31(34(42)37(33(25)41)24-10-6-9-23(17-24)35(43)44)26(18-38)30(19)28(39)12-11-22(21-7-4-3-5-8-21)14-20-15-27(36)32(40)29(16-20)45-2/h3-10,14-17,25-26,28,31,38-40,43-44H,11-13,18H2,1-2H3/b22-14-/t25-,26+,28-,31-/m1/s1. The lowest BCUT2D eigenvalue weighted by molar-refractivity contribution is -0.123. The third kappa shape index (κ3) is 6.59. The van der Waals surface area contributed by atoms with Crippen molar-refractivity contribution in [1.29, 1.82) is 0 Å². The van der Waals surface area contributed by atoms with Gasteiger partial charge >= 0.3 is 7.12 Å². The molecule has 2 aliphatic rings. The molecule has 0 spiro atoms. The normalized spacial score (nSPS) is 20.8. The van der Waals surface area contributed by atoms with Gasteiger partial charge in [-0.05, 0) is 101 Å². The van der Waals surface area contributed by atoms with Gasteiger partial charge in [-0.15, -0.1) is 0 Å². The van der Waals surface area contributed by atoms with Crippen molar-refractivity contribution in [3.05, 3.63) is 92.6 Å². The summed E-state index contributed by atoms with van der Waals surface area (Å²) in [5.41, 5.74) is 4.45. The molecule has 0 unspecified atom stereocenters. The minimum atomic E-state index is -1.76. The molecule has 1 saturated heterocycles. The monoisotopic (exact) mass is 723 g/mol. The van der Waals surface area contributed by atoms with Gasteiger partial charge < -0.3 is 30.1 Å². The number of ether oxygens (including phenoxy) is 1. The van der Waals surface area contributed by atoms with Crippen LogP contribution in [0.4, 0.5) is 5.69 Å². The number of carbonyl (C=O) groups is 2. The largest absolute Gasteiger partial charge is 0.504 e. The summed E-state index contributed by atoms with van der Waals surface area (Å²) < 4.78 is 5.98. The molecule has 9 nitrogen and oxygen atoms in total. The molecule has 0 bridgehead atoms. The summed E-state index contributed by atoms with van der Waals surface area (Å²) in [6, 6.07) is 19.3. The van der Waals surface area contributed by atoms with E-state index in [-0.39, 0.29) is 23.3 Å². The van der Waals surface area contributed by atoms with Crippen LogP contribution in [0.5, 0.6) is 11.5 Å². The van der Waals surface area contributed by atoms with Gasteiger partial charge in [0.05, 0.1) is 40.9 Å². The van der Waals surface area contributed by atoms with E-state index in [4.69, 9.17) is 4.74 Å². The van der Waals surface area contributed by atoms with Gasteiger partial charge in [-0.3, -0.25) is 14.5 Å². The average molecular weight is 723 g/mol. The van der Waals surface area contributed by atoms with Crippen molar-refractivity contribution < 1.29 is 39.7 Å². The molecule has 0 saturated carbocycles. The Kier molecular flexibility index (Phi) is 10.1. The molecule has 1 aliphatic carbocycles. The van der Waals surface area contributed by atoms with Crippen LogP contribution >= 0.6 is 22.6 Å². The molecular formula is C34H35BINO8. The van der Waals surface area contributed by atoms with E-state index in [9.17, 15) is 35.0 Å². The Morgan fingerprint density at radius 3 is 2.49 bits per heavy atom. The summed E-state index contributed by atoms with van der Waals surface area (Å²) in [4.78, 5) is 28.4. The van der Waals surface area contributed by atoms with E-state index in [1.165, 1.54) is 19.2 Å². The van der Waals surface area contributed by atoms with E-state index in [1.54, 1.807) is 18.2 Å². The highest BCUT2D eigenvalue weighted by molar-refractivity contribution is 14.1. The number of allylic oxidation sites excluding steroid dienone is 2. The van der Waals surface area contributed by atoms with Crippen molar-refractivity contribution in [2.24, 2.45) is 17.8 Å². The Balaban J connectivity index is 1.42. The molecule has 234 valence electrons. The SMILES string of the molecule is COc1cc(/C=C(/CC[C@@H](O)C2=C(C)C[C@H]3C(=O)N(c4cccc(B(O)O)c4)C(=O)[C@H]3[C@H]2CO)c2ccccc2)cc(I)c1O. The average Bonchev–Trinajstić information content (AvgIpc) is 3.28. The topological polar surface area (TPSA) is 148 Å².